The number of hydrogen-bond donors (Lipinski definition) is 1. The molecule has 1 atom stereocenters. The van der Waals surface area contributed by atoms with Gasteiger partial charge in [-0.1, -0.05) is 13.8 Å². The van der Waals surface area contributed by atoms with E-state index in [2.05, 4.69) is 18.8 Å². The van der Waals surface area contributed by atoms with Crippen LogP contribution in [0.15, 0.2) is 6.20 Å². The van der Waals surface area contributed by atoms with Crippen LogP contribution in [0.1, 0.15) is 32.5 Å². The smallest absolute Gasteiger partial charge is 0.358 e. The van der Waals surface area contributed by atoms with Crippen molar-refractivity contribution in [1.29, 1.82) is 0 Å². The van der Waals surface area contributed by atoms with Crippen molar-refractivity contribution in [3.8, 4) is 0 Å². The number of aromatic nitrogens is 2. The molecule has 0 radical (unpaired) electrons. The van der Waals surface area contributed by atoms with Crippen LogP contribution in [0.5, 0.6) is 0 Å². The second kappa shape index (κ2) is 6.04. The molecule has 2 heterocycles. The number of rotatable bonds is 4. The Kier molecular flexibility index (Phi) is 4.50. The number of carbonyl (C=O) groups is 1. The van der Waals surface area contributed by atoms with Gasteiger partial charge in [0.05, 0.1) is 0 Å². The van der Waals surface area contributed by atoms with Crippen LogP contribution in [0.2, 0.25) is 0 Å². The van der Waals surface area contributed by atoms with Gasteiger partial charge in [-0.25, -0.2) is 0 Å². The molecule has 1 fully saturated rings. The quantitative estimate of drug-likeness (QED) is 0.661. The van der Waals surface area contributed by atoms with Crippen LogP contribution in [0.25, 0.3) is 0 Å². The van der Waals surface area contributed by atoms with E-state index in [0.29, 0.717) is 31.9 Å². The number of nitro groups is 1. The summed E-state index contributed by atoms with van der Waals surface area (Å²) in [6, 6.07) is 0.107. The van der Waals surface area contributed by atoms with E-state index in [0.717, 1.165) is 6.42 Å². The molecule has 8 nitrogen and oxygen atoms in total. The van der Waals surface area contributed by atoms with Crippen molar-refractivity contribution in [2.24, 2.45) is 11.1 Å². The molecule has 0 aliphatic carbocycles. The number of nitrogens with zero attached hydrogens (tertiary/aromatic N) is 4. The third-order valence-corrected chi connectivity index (χ3v) is 4.38. The molecule has 1 amide bonds. The highest BCUT2D eigenvalue weighted by Gasteiger charge is 2.35. The van der Waals surface area contributed by atoms with Crippen molar-refractivity contribution in [1.82, 2.24) is 14.5 Å². The van der Waals surface area contributed by atoms with Crippen LogP contribution in [0, 0.1) is 22.5 Å². The Labute approximate surface area is 129 Å². The number of carbonyl (C=O) groups excluding carboxylic acids is 1. The average Bonchev–Trinajstić information content (AvgIpc) is 2.80. The van der Waals surface area contributed by atoms with Crippen molar-refractivity contribution in [2.45, 2.75) is 46.2 Å². The summed E-state index contributed by atoms with van der Waals surface area (Å²) in [5.74, 6) is 0.409. The molecule has 2 N–H and O–H groups in total. The number of piperidine rings is 1. The van der Waals surface area contributed by atoms with Gasteiger partial charge in [-0.2, -0.15) is 0 Å². The molecule has 22 heavy (non-hydrogen) atoms. The second-order valence-electron chi connectivity index (χ2n) is 6.55. The average molecular weight is 309 g/mol. The summed E-state index contributed by atoms with van der Waals surface area (Å²) in [6.07, 6.45) is 2.48. The lowest BCUT2D eigenvalue weighted by Crippen LogP contribution is -2.54. The second-order valence-corrected chi connectivity index (χ2v) is 6.55. The summed E-state index contributed by atoms with van der Waals surface area (Å²) < 4.78 is 1.65. The van der Waals surface area contributed by atoms with Crippen LogP contribution in [-0.4, -0.2) is 44.4 Å². The largest absolute Gasteiger partial charge is 0.381 e. The molecule has 0 bridgehead atoms. The first-order valence-electron chi connectivity index (χ1n) is 7.42. The fourth-order valence-electron chi connectivity index (χ4n) is 2.77. The number of hydrogen-bond acceptors (Lipinski definition) is 5. The summed E-state index contributed by atoms with van der Waals surface area (Å²) in [7, 11) is 0. The third kappa shape index (κ3) is 3.44. The van der Waals surface area contributed by atoms with Gasteiger partial charge in [-0.3, -0.25) is 4.79 Å². The number of nitrogens with two attached hydrogens (primary N) is 1. The zero-order valence-electron chi connectivity index (χ0n) is 13.3. The van der Waals surface area contributed by atoms with Gasteiger partial charge in [0.2, 0.25) is 11.7 Å². The predicted octanol–water partition coefficient (Wildman–Crippen LogP) is 1.08. The Bertz CT molecular complexity index is 581. The van der Waals surface area contributed by atoms with E-state index in [1.165, 1.54) is 6.20 Å². The maximum absolute atomic E-state index is 12.3. The summed E-state index contributed by atoms with van der Waals surface area (Å²) in [4.78, 5) is 28.2. The summed E-state index contributed by atoms with van der Waals surface area (Å²) in [5, 5.41) is 10.7. The monoisotopic (exact) mass is 309 g/mol. The summed E-state index contributed by atoms with van der Waals surface area (Å²) in [6.45, 7) is 7.55. The lowest BCUT2D eigenvalue weighted by molar-refractivity contribution is -0.389. The zero-order valence-corrected chi connectivity index (χ0v) is 13.3. The fraction of sp³-hybridized carbons (Fsp3) is 0.714. The normalized spacial score (nSPS) is 20.9. The van der Waals surface area contributed by atoms with Crippen molar-refractivity contribution >= 4 is 11.7 Å². The molecule has 1 aliphatic heterocycles. The minimum atomic E-state index is -0.528. The van der Waals surface area contributed by atoms with Crippen LogP contribution in [0.3, 0.4) is 0 Å². The Morgan fingerprint density at radius 1 is 1.59 bits per heavy atom. The van der Waals surface area contributed by atoms with E-state index in [-0.39, 0.29) is 23.2 Å². The van der Waals surface area contributed by atoms with Crippen LogP contribution >= 0.6 is 0 Å². The molecule has 1 aliphatic rings. The van der Waals surface area contributed by atoms with E-state index < -0.39 is 4.92 Å². The maximum atomic E-state index is 12.3. The Hall–Kier alpha value is -1.96. The van der Waals surface area contributed by atoms with Crippen molar-refractivity contribution in [2.75, 3.05) is 13.1 Å². The van der Waals surface area contributed by atoms with Gasteiger partial charge >= 0.3 is 5.82 Å². The molecular formula is C14H23N5O3. The Balaban J connectivity index is 1.94. The van der Waals surface area contributed by atoms with E-state index in [1.54, 1.807) is 11.5 Å². The molecule has 1 unspecified atom stereocenters. The van der Waals surface area contributed by atoms with Crippen LogP contribution in [0.4, 0.5) is 5.82 Å². The topological polar surface area (TPSA) is 107 Å². The molecule has 1 aromatic rings. The van der Waals surface area contributed by atoms with E-state index in [4.69, 9.17) is 5.73 Å². The van der Waals surface area contributed by atoms with Gasteiger partial charge in [0.15, 0.2) is 0 Å². The van der Waals surface area contributed by atoms with Gasteiger partial charge in [0.25, 0.3) is 0 Å². The maximum Gasteiger partial charge on any atom is 0.381 e. The molecule has 1 aromatic heterocycles. The van der Waals surface area contributed by atoms with Gasteiger partial charge in [0, 0.05) is 39.0 Å². The van der Waals surface area contributed by atoms with Crippen molar-refractivity contribution < 1.29 is 9.72 Å². The van der Waals surface area contributed by atoms with E-state index in [9.17, 15) is 14.9 Å². The molecule has 0 saturated carbocycles. The summed E-state index contributed by atoms with van der Waals surface area (Å²) >= 11 is 0. The number of imidazole rings is 1. The molecule has 8 heteroatoms. The first kappa shape index (κ1) is 16.4. The van der Waals surface area contributed by atoms with Crippen molar-refractivity contribution in [3.63, 3.8) is 0 Å². The standard InChI is InChI=1S/C14H23N5O3/c1-10-16-12(19(21)22)8-17(10)7-5-13(20)18-6-4-11(15)14(2,3)9-18/h8,11H,4-7,9,15H2,1-3H3. The lowest BCUT2D eigenvalue weighted by atomic mass is 9.79. The number of aryl methyl sites for hydroxylation is 2. The minimum Gasteiger partial charge on any atom is -0.358 e. The lowest BCUT2D eigenvalue weighted by Gasteiger charge is -2.42. The number of likely N-dealkylation sites (tertiary alicyclic amines) is 1. The van der Waals surface area contributed by atoms with Crippen LogP contribution < -0.4 is 5.73 Å². The molecule has 122 valence electrons. The fourth-order valence-corrected chi connectivity index (χ4v) is 2.77. The SMILES string of the molecule is Cc1nc([N+](=O)[O-])cn1CCC(=O)N1CCC(N)C(C)(C)C1. The summed E-state index contributed by atoms with van der Waals surface area (Å²) in [5.41, 5.74) is 5.99. The predicted molar refractivity (Wildman–Crippen MR) is 81.2 cm³/mol. The highest BCUT2D eigenvalue weighted by molar-refractivity contribution is 5.76. The highest BCUT2D eigenvalue weighted by atomic mass is 16.6. The number of amides is 1. The molecule has 0 spiro atoms. The van der Waals surface area contributed by atoms with E-state index >= 15 is 0 Å². The first-order valence-corrected chi connectivity index (χ1v) is 7.42. The molecule has 2 rings (SSSR count). The van der Waals surface area contributed by atoms with Gasteiger partial charge in [-0.05, 0) is 21.7 Å². The molecule has 1 saturated heterocycles. The minimum absolute atomic E-state index is 0.0516. The first-order chi connectivity index (χ1) is 10.2. The van der Waals surface area contributed by atoms with Gasteiger partial charge in [0.1, 0.15) is 6.20 Å². The Morgan fingerprint density at radius 2 is 2.27 bits per heavy atom. The van der Waals surface area contributed by atoms with Crippen LogP contribution in [-0.2, 0) is 11.3 Å². The Morgan fingerprint density at radius 3 is 2.82 bits per heavy atom. The third-order valence-electron chi connectivity index (χ3n) is 4.38. The molecule has 0 aromatic carbocycles. The van der Waals surface area contributed by atoms with Gasteiger partial charge in [-0.15, -0.1) is 0 Å². The molecular weight excluding hydrogens is 286 g/mol. The van der Waals surface area contributed by atoms with E-state index in [1.807, 2.05) is 4.90 Å². The zero-order chi connectivity index (χ0) is 16.5. The van der Waals surface area contributed by atoms with Gasteiger partial charge < -0.3 is 25.3 Å². The highest BCUT2D eigenvalue weighted by Crippen LogP contribution is 2.28. The van der Waals surface area contributed by atoms with Crippen molar-refractivity contribution in [3.05, 3.63) is 22.1 Å².